The van der Waals surface area contributed by atoms with Gasteiger partial charge in [0.2, 0.25) is 0 Å². The van der Waals surface area contributed by atoms with Gasteiger partial charge in [0.1, 0.15) is 5.82 Å². The molecule has 2 aromatic rings. The van der Waals surface area contributed by atoms with E-state index < -0.39 is 28.3 Å². The lowest BCUT2D eigenvalue weighted by atomic mass is 10.1. The molecule has 22 heavy (non-hydrogen) atoms. The van der Waals surface area contributed by atoms with Crippen molar-refractivity contribution < 1.29 is 17.4 Å². The van der Waals surface area contributed by atoms with Crippen LogP contribution in [0, 0.1) is 17.5 Å². The molecule has 7 heteroatoms. The van der Waals surface area contributed by atoms with Crippen molar-refractivity contribution in [2.75, 3.05) is 11.6 Å². The van der Waals surface area contributed by atoms with E-state index in [1.807, 2.05) is 0 Å². The zero-order chi connectivity index (χ0) is 16.3. The average molecular weight is 348 g/mol. The van der Waals surface area contributed by atoms with Gasteiger partial charge >= 0.3 is 0 Å². The van der Waals surface area contributed by atoms with E-state index in [2.05, 4.69) is 5.32 Å². The van der Waals surface area contributed by atoms with Crippen LogP contribution >= 0.6 is 11.6 Å². The fourth-order valence-electron chi connectivity index (χ4n) is 1.91. The molecule has 118 valence electrons. The number of halogens is 4. The Bertz CT molecular complexity index is 724. The second-order valence-electron chi connectivity index (χ2n) is 4.73. The van der Waals surface area contributed by atoms with Crippen molar-refractivity contribution in [3.05, 3.63) is 63.9 Å². The van der Waals surface area contributed by atoms with E-state index in [1.54, 1.807) is 24.5 Å². The van der Waals surface area contributed by atoms with Crippen LogP contribution in [0.1, 0.15) is 11.1 Å². The number of benzene rings is 2. The molecule has 0 amide bonds. The molecule has 0 aliphatic heterocycles. The molecule has 0 aliphatic rings. The number of nitrogens with one attached hydrogen (secondary N) is 1. The van der Waals surface area contributed by atoms with Crippen LogP contribution in [0.3, 0.4) is 0 Å². The van der Waals surface area contributed by atoms with Crippen LogP contribution in [0.25, 0.3) is 0 Å². The Hall–Kier alpha value is -1.53. The maximum Gasteiger partial charge on any atom is 0.161 e. The molecular formula is C15H13ClF3NOS. The van der Waals surface area contributed by atoms with Crippen LogP contribution in [0.2, 0.25) is 5.02 Å². The normalized spacial score (nSPS) is 12.2. The van der Waals surface area contributed by atoms with E-state index in [4.69, 9.17) is 11.6 Å². The van der Waals surface area contributed by atoms with Gasteiger partial charge in [-0.05, 0) is 29.8 Å². The van der Waals surface area contributed by atoms with Gasteiger partial charge in [-0.3, -0.25) is 4.21 Å². The topological polar surface area (TPSA) is 29.1 Å². The number of rotatable bonds is 5. The highest BCUT2D eigenvalue weighted by Crippen LogP contribution is 2.23. The lowest BCUT2D eigenvalue weighted by molar-refractivity contribution is 0.490. The molecule has 2 rings (SSSR count). The zero-order valence-electron chi connectivity index (χ0n) is 11.6. The molecule has 0 unspecified atom stereocenters. The molecule has 0 aromatic heterocycles. The van der Waals surface area contributed by atoms with Crippen LogP contribution in [-0.2, 0) is 23.1 Å². The van der Waals surface area contributed by atoms with Crippen molar-refractivity contribution in [2.24, 2.45) is 0 Å². The van der Waals surface area contributed by atoms with Gasteiger partial charge in [-0.2, -0.15) is 0 Å². The largest absolute Gasteiger partial charge is 0.381 e. The van der Waals surface area contributed by atoms with E-state index in [0.717, 1.165) is 6.07 Å². The summed E-state index contributed by atoms with van der Waals surface area (Å²) in [5.74, 6) is -2.85. The van der Waals surface area contributed by atoms with Crippen molar-refractivity contribution >= 4 is 28.1 Å². The van der Waals surface area contributed by atoms with Crippen molar-refractivity contribution in [1.29, 1.82) is 0 Å². The summed E-state index contributed by atoms with van der Waals surface area (Å²) in [7, 11) is -1.05. The van der Waals surface area contributed by atoms with Crippen molar-refractivity contribution in [3.63, 3.8) is 0 Å². The van der Waals surface area contributed by atoms with Gasteiger partial charge in [0.25, 0.3) is 0 Å². The third-order valence-corrected chi connectivity index (χ3v) is 4.06. The Morgan fingerprint density at radius 2 is 1.73 bits per heavy atom. The Morgan fingerprint density at radius 3 is 2.41 bits per heavy atom. The van der Waals surface area contributed by atoms with Gasteiger partial charge in [0, 0.05) is 51.7 Å². The van der Waals surface area contributed by atoms with Gasteiger partial charge in [0.15, 0.2) is 11.6 Å². The summed E-state index contributed by atoms with van der Waals surface area (Å²) in [6, 6.07) is 6.33. The first-order valence-electron chi connectivity index (χ1n) is 6.32. The molecule has 0 fully saturated rings. The number of hydrogen-bond donors (Lipinski definition) is 1. The van der Waals surface area contributed by atoms with Crippen LogP contribution in [0.5, 0.6) is 0 Å². The quantitative estimate of drug-likeness (QED) is 0.819. The summed E-state index contributed by atoms with van der Waals surface area (Å²) in [5.41, 5.74) is 1.32. The van der Waals surface area contributed by atoms with Gasteiger partial charge < -0.3 is 5.32 Å². The molecule has 0 aliphatic carbocycles. The van der Waals surface area contributed by atoms with Crippen LogP contribution in [0.15, 0.2) is 30.3 Å². The first-order valence-corrected chi connectivity index (χ1v) is 8.43. The summed E-state index contributed by atoms with van der Waals surface area (Å²) in [5, 5.41) is 3.39. The van der Waals surface area contributed by atoms with Gasteiger partial charge in [0.05, 0.1) is 0 Å². The average Bonchev–Trinajstić information content (AvgIpc) is 2.44. The SMILES string of the molecule is C[S@](=O)Cc1cc(NCc2cc(F)c(F)cc2F)ccc1Cl. The predicted molar refractivity (Wildman–Crippen MR) is 82.9 cm³/mol. The number of anilines is 1. The molecule has 0 heterocycles. The van der Waals surface area contributed by atoms with E-state index in [1.165, 1.54) is 0 Å². The Labute approximate surface area is 133 Å². The van der Waals surface area contributed by atoms with E-state index in [0.29, 0.717) is 28.1 Å². The monoisotopic (exact) mass is 347 g/mol. The van der Waals surface area contributed by atoms with Crippen molar-refractivity contribution in [1.82, 2.24) is 0 Å². The third-order valence-electron chi connectivity index (χ3n) is 2.98. The molecule has 0 saturated heterocycles. The summed E-state index contributed by atoms with van der Waals surface area (Å²) < 4.78 is 50.8. The molecule has 2 aromatic carbocycles. The second kappa shape index (κ2) is 7.15. The molecular weight excluding hydrogens is 335 g/mol. The second-order valence-corrected chi connectivity index (χ2v) is 6.58. The standard InChI is InChI=1S/C15H13ClF3NOS/c1-22(21)8-10-4-11(2-3-12(10)16)20-7-9-5-14(18)15(19)6-13(9)17/h2-6,20H,7-8H2,1H3/t22-/m0/s1. The molecule has 0 radical (unpaired) electrons. The third kappa shape index (κ3) is 4.24. The number of hydrogen-bond acceptors (Lipinski definition) is 2. The molecule has 0 bridgehead atoms. The lowest BCUT2D eigenvalue weighted by Gasteiger charge is -2.10. The van der Waals surface area contributed by atoms with Gasteiger partial charge in [-0.1, -0.05) is 11.6 Å². The van der Waals surface area contributed by atoms with Gasteiger partial charge in [-0.25, -0.2) is 13.2 Å². The summed E-state index contributed by atoms with van der Waals surface area (Å²) in [4.78, 5) is 0. The lowest BCUT2D eigenvalue weighted by Crippen LogP contribution is -2.04. The molecule has 0 spiro atoms. The van der Waals surface area contributed by atoms with Crippen LogP contribution in [0.4, 0.5) is 18.9 Å². The maximum atomic E-state index is 13.5. The summed E-state index contributed by atoms with van der Waals surface area (Å²) in [6.45, 7) is -0.0146. The fourth-order valence-corrected chi connectivity index (χ4v) is 2.85. The van der Waals surface area contributed by atoms with Crippen molar-refractivity contribution in [2.45, 2.75) is 12.3 Å². The Kier molecular flexibility index (Phi) is 5.47. The van der Waals surface area contributed by atoms with E-state index in [-0.39, 0.29) is 12.1 Å². The molecule has 1 N–H and O–H groups in total. The van der Waals surface area contributed by atoms with Crippen LogP contribution < -0.4 is 5.32 Å². The molecule has 2 nitrogen and oxygen atoms in total. The zero-order valence-corrected chi connectivity index (χ0v) is 13.2. The first kappa shape index (κ1) is 16.8. The molecule has 1 atom stereocenters. The first-order chi connectivity index (χ1) is 10.4. The van der Waals surface area contributed by atoms with E-state index >= 15 is 0 Å². The minimum absolute atomic E-state index is 0.00877. The smallest absolute Gasteiger partial charge is 0.161 e. The summed E-state index contributed by atoms with van der Waals surface area (Å²) >= 11 is 6.01. The highest BCUT2D eigenvalue weighted by atomic mass is 35.5. The summed E-state index contributed by atoms with van der Waals surface area (Å²) in [6.07, 6.45) is 1.56. The Morgan fingerprint density at radius 1 is 1.05 bits per heavy atom. The highest BCUT2D eigenvalue weighted by molar-refractivity contribution is 7.83. The van der Waals surface area contributed by atoms with E-state index in [9.17, 15) is 17.4 Å². The van der Waals surface area contributed by atoms with Crippen LogP contribution in [-0.4, -0.2) is 10.5 Å². The fraction of sp³-hybridized carbons (Fsp3) is 0.200. The molecule has 0 saturated carbocycles. The van der Waals surface area contributed by atoms with Gasteiger partial charge in [-0.15, -0.1) is 0 Å². The minimum atomic E-state index is -1.22. The van der Waals surface area contributed by atoms with Crippen molar-refractivity contribution in [3.8, 4) is 0 Å². The maximum absolute atomic E-state index is 13.5. The minimum Gasteiger partial charge on any atom is -0.381 e. The predicted octanol–water partition coefficient (Wildman–Crippen LogP) is 4.25. The highest BCUT2D eigenvalue weighted by Gasteiger charge is 2.10. The Balaban J connectivity index is 2.15.